The Kier molecular flexibility index (Phi) is 8.67. The normalized spacial score (nSPS) is 14.0. The molecule has 0 bridgehead atoms. The van der Waals surface area contributed by atoms with Crippen LogP contribution in [0.25, 0.3) is 0 Å². The van der Waals surface area contributed by atoms with Gasteiger partial charge in [0.15, 0.2) is 11.5 Å². The predicted molar refractivity (Wildman–Crippen MR) is 136 cm³/mol. The van der Waals surface area contributed by atoms with Gasteiger partial charge in [0.05, 0.1) is 19.1 Å². The van der Waals surface area contributed by atoms with Crippen molar-refractivity contribution in [1.82, 2.24) is 10.2 Å². The monoisotopic (exact) mass is 519 g/mol. The van der Waals surface area contributed by atoms with E-state index in [1.165, 1.54) is 11.0 Å². The molecule has 196 valence electrons. The summed E-state index contributed by atoms with van der Waals surface area (Å²) in [6, 6.07) is 10.9. The number of anilines is 1. The van der Waals surface area contributed by atoms with Gasteiger partial charge in [-0.3, -0.25) is 13.9 Å². The summed E-state index contributed by atoms with van der Waals surface area (Å²) in [6.45, 7) is 5.11. The van der Waals surface area contributed by atoms with Gasteiger partial charge in [0.2, 0.25) is 28.6 Å². The van der Waals surface area contributed by atoms with Gasteiger partial charge in [-0.05, 0) is 50.1 Å². The Bertz CT molecular complexity index is 1180. The minimum Gasteiger partial charge on any atom is -0.497 e. The molecule has 0 saturated heterocycles. The fourth-order valence-electron chi connectivity index (χ4n) is 3.63. The van der Waals surface area contributed by atoms with E-state index in [9.17, 15) is 18.0 Å². The van der Waals surface area contributed by atoms with Gasteiger partial charge in [0.25, 0.3) is 0 Å². The number of hydrogen-bond acceptors (Lipinski definition) is 7. The molecule has 11 heteroatoms. The van der Waals surface area contributed by atoms with E-state index < -0.39 is 28.5 Å². The second-order valence-corrected chi connectivity index (χ2v) is 10.6. The van der Waals surface area contributed by atoms with Crippen molar-refractivity contribution in [2.24, 2.45) is 0 Å². The van der Waals surface area contributed by atoms with E-state index in [4.69, 9.17) is 14.2 Å². The fraction of sp³-hybridized carbons (Fsp3) is 0.440. The first-order chi connectivity index (χ1) is 17.0. The molecule has 1 N–H and O–H groups in total. The Labute approximate surface area is 212 Å². The number of amides is 2. The summed E-state index contributed by atoms with van der Waals surface area (Å²) >= 11 is 0. The fourth-order valence-corrected chi connectivity index (χ4v) is 4.47. The number of hydrogen-bond donors (Lipinski definition) is 1. The van der Waals surface area contributed by atoms with Crippen molar-refractivity contribution >= 4 is 27.5 Å². The minimum absolute atomic E-state index is 0.0367. The summed E-state index contributed by atoms with van der Waals surface area (Å²) in [5.74, 6) is 0.700. The molecule has 1 aliphatic rings. The van der Waals surface area contributed by atoms with Gasteiger partial charge in [0.1, 0.15) is 18.3 Å². The summed E-state index contributed by atoms with van der Waals surface area (Å²) in [4.78, 5) is 27.9. The number of nitrogens with one attached hydrogen (secondary N) is 1. The van der Waals surface area contributed by atoms with Gasteiger partial charge in [0, 0.05) is 18.7 Å². The van der Waals surface area contributed by atoms with E-state index in [0.717, 1.165) is 22.5 Å². The Hall–Kier alpha value is -3.47. The average molecular weight is 520 g/mol. The Balaban J connectivity index is 1.90. The molecule has 1 aliphatic heterocycles. The highest BCUT2D eigenvalue weighted by Gasteiger charge is 2.31. The van der Waals surface area contributed by atoms with Gasteiger partial charge in [-0.2, -0.15) is 0 Å². The largest absolute Gasteiger partial charge is 0.497 e. The maximum atomic E-state index is 13.6. The summed E-state index contributed by atoms with van der Waals surface area (Å²) in [6.07, 6.45) is 1.76. The van der Waals surface area contributed by atoms with Crippen molar-refractivity contribution in [3.8, 4) is 17.2 Å². The average Bonchev–Trinajstić information content (AvgIpc) is 3.32. The molecule has 0 aromatic heterocycles. The van der Waals surface area contributed by atoms with Crippen molar-refractivity contribution in [3.05, 3.63) is 48.0 Å². The van der Waals surface area contributed by atoms with E-state index in [0.29, 0.717) is 17.2 Å². The van der Waals surface area contributed by atoms with E-state index in [2.05, 4.69) is 5.32 Å². The minimum atomic E-state index is -3.84. The van der Waals surface area contributed by atoms with Crippen molar-refractivity contribution in [2.75, 3.05) is 31.0 Å². The van der Waals surface area contributed by atoms with E-state index in [1.54, 1.807) is 50.4 Å². The Morgan fingerprint density at radius 1 is 1.08 bits per heavy atom. The summed E-state index contributed by atoms with van der Waals surface area (Å²) < 4.78 is 42.3. The van der Waals surface area contributed by atoms with Gasteiger partial charge in [-0.1, -0.05) is 19.1 Å². The third-order valence-electron chi connectivity index (χ3n) is 6.00. The molecule has 2 amide bonds. The highest BCUT2D eigenvalue weighted by atomic mass is 32.2. The lowest BCUT2D eigenvalue weighted by Gasteiger charge is -2.32. The number of carbonyl (C=O) groups is 2. The third kappa shape index (κ3) is 6.60. The SMILES string of the molecule is CC[C@@H](C)NC(=O)[C@@H](C)N(Cc1ccc(OC)cc1)C(=O)CN(c1ccc2c(c1)OCO2)S(C)(=O)=O. The zero-order chi connectivity index (χ0) is 26.5. The predicted octanol–water partition coefficient (Wildman–Crippen LogP) is 2.52. The molecule has 0 saturated carbocycles. The van der Waals surface area contributed by atoms with Crippen LogP contribution in [-0.4, -0.2) is 63.9 Å². The Morgan fingerprint density at radius 2 is 1.75 bits per heavy atom. The van der Waals surface area contributed by atoms with Crippen LogP contribution in [0.4, 0.5) is 5.69 Å². The molecule has 0 radical (unpaired) electrons. The Morgan fingerprint density at radius 3 is 2.36 bits per heavy atom. The molecule has 3 rings (SSSR count). The van der Waals surface area contributed by atoms with Crippen molar-refractivity contribution in [3.63, 3.8) is 0 Å². The summed E-state index contributed by atoms with van der Waals surface area (Å²) in [5, 5.41) is 2.90. The molecule has 1 heterocycles. The van der Waals surface area contributed by atoms with Gasteiger partial charge in [-0.25, -0.2) is 8.42 Å². The molecule has 0 spiro atoms. The van der Waals surface area contributed by atoms with Crippen LogP contribution in [0.15, 0.2) is 42.5 Å². The number of carbonyl (C=O) groups excluding carboxylic acids is 2. The number of nitrogens with zero attached hydrogens (tertiary/aromatic N) is 2. The number of fused-ring (bicyclic) bond motifs is 1. The molecular weight excluding hydrogens is 486 g/mol. The summed E-state index contributed by atoms with van der Waals surface area (Å²) in [7, 11) is -2.28. The number of rotatable bonds is 11. The van der Waals surface area contributed by atoms with Crippen molar-refractivity contribution in [2.45, 2.75) is 45.8 Å². The molecule has 0 unspecified atom stereocenters. The zero-order valence-corrected chi connectivity index (χ0v) is 22.0. The van der Waals surface area contributed by atoms with Gasteiger partial charge >= 0.3 is 0 Å². The first-order valence-electron chi connectivity index (χ1n) is 11.6. The van der Waals surface area contributed by atoms with Crippen LogP contribution in [0.1, 0.15) is 32.8 Å². The number of sulfonamides is 1. The zero-order valence-electron chi connectivity index (χ0n) is 21.2. The lowest BCUT2D eigenvalue weighted by molar-refractivity contribution is -0.139. The van der Waals surface area contributed by atoms with Crippen LogP contribution in [0.3, 0.4) is 0 Å². The first-order valence-corrected chi connectivity index (χ1v) is 13.5. The first kappa shape index (κ1) is 27.1. The van der Waals surface area contributed by atoms with Crippen molar-refractivity contribution in [1.29, 1.82) is 0 Å². The molecule has 10 nitrogen and oxygen atoms in total. The number of benzene rings is 2. The molecule has 36 heavy (non-hydrogen) atoms. The second kappa shape index (κ2) is 11.5. The van der Waals surface area contributed by atoms with E-state index >= 15 is 0 Å². The standard InChI is InChI=1S/C25H33N3O7S/c1-6-17(2)26-25(30)18(3)27(14-19-7-10-21(33-4)11-8-19)24(29)15-28(36(5,31)32)20-9-12-22-23(13-20)35-16-34-22/h7-13,17-18H,6,14-16H2,1-5H3,(H,26,30)/t17-,18-/m1/s1. The molecular formula is C25H33N3O7S. The quantitative estimate of drug-likeness (QED) is 0.485. The van der Waals surface area contributed by atoms with E-state index in [1.807, 2.05) is 13.8 Å². The molecule has 2 aromatic carbocycles. The smallest absolute Gasteiger partial charge is 0.244 e. The van der Waals surface area contributed by atoms with Crippen LogP contribution in [0.2, 0.25) is 0 Å². The molecule has 2 atom stereocenters. The lowest BCUT2D eigenvalue weighted by Crippen LogP contribution is -2.52. The van der Waals surface area contributed by atoms with Crippen molar-refractivity contribution < 1.29 is 32.2 Å². The third-order valence-corrected chi connectivity index (χ3v) is 7.14. The summed E-state index contributed by atoms with van der Waals surface area (Å²) in [5.41, 5.74) is 1.03. The second-order valence-electron chi connectivity index (χ2n) is 8.67. The lowest BCUT2D eigenvalue weighted by atomic mass is 10.1. The van der Waals surface area contributed by atoms with Gasteiger partial charge in [-0.15, -0.1) is 0 Å². The number of ether oxygens (including phenoxy) is 3. The van der Waals surface area contributed by atoms with Crippen LogP contribution < -0.4 is 23.8 Å². The van der Waals surface area contributed by atoms with Crippen LogP contribution in [0, 0.1) is 0 Å². The number of methoxy groups -OCH3 is 1. The topological polar surface area (TPSA) is 114 Å². The van der Waals surface area contributed by atoms with Crippen LogP contribution >= 0.6 is 0 Å². The molecule has 0 fully saturated rings. The van der Waals surface area contributed by atoms with E-state index in [-0.39, 0.29) is 31.0 Å². The molecule has 2 aromatic rings. The van der Waals surface area contributed by atoms with Crippen LogP contribution in [-0.2, 0) is 26.2 Å². The highest BCUT2D eigenvalue weighted by Crippen LogP contribution is 2.36. The maximum Gasteiger partial charge on any atom is 0.244 e. The van der Waals surface area contributed by atoms with Gasteiger partial charge < -0.3 is 24.4 Å². The maximum absolute atomic E-state index is 13.6. The highest BCUT2D eigenvalue weighted by molar-refractivity contribution is 7.92. The van der Waals surface area contributed by atoms with Crippen LogP contribution in [0.5, 0.6) is 17.2 Å². The molecule has 0 aliphatic carbocycles.